The Bertz CT molecular complexity index is 1100. The second kappa shape index (κ2) is 7.28. The van der Waals surface area contributed by atoms with Gasteiger partial charge in [0.25, 0.3) is 0 Å². The van der Waals surface area contributed by atoms with Gasteiger partial charge in [-0.2, -0.15) is 5.26 Å². The Labute approximate surface area is 162 Å². The van der Waals surface area contributed by atoms with Crippen LogP contribution < -0.4 is 9.80 Å². The summed E-state index contributed by atoms with van der Waals surface area (Å²) in [5, 5.41) is 10.5. The highest BCUT2D eigenvalue weighted by atomic mass is 19.1. The lowest BCUT2D eigenvalue weighted by atomic mass is 10.1. The van der Waals surface area contributed by atoms with Gasteiger partial charge < -0.3 is 9.80 Å². The molecule has 0 saturated carbocycles. The van der Waals surface area contributed by atoms with Crippen LogP contribution in [0, 0.1) is 17.1 Å². The zero-order chi connectivity index (χ0) is 19.7. The maximum Gasteiger partial charge on any atom is 0.159 e. The van der Waals surface area contributed by atoms with Crippen LogP contribution in [0.2, 0.25) is 0 Å². The molecule has 1 fully saturated rings. The zero-order valence-corrected chi connectivity index (χ0v) is 15.5. The van der Waals surface area contributed by atoms with Crippen LogP contribution in [0.5, 0.6) is 0 Å². The van der Waals surface area contributed by atoms with Crippen molar-refractivity contribution in [1.82, 2.24) is 4.98 Å². The molecule has 0 bridgehead atoms. The van der Waals surface area contributed by atoms with Crippen molar-refractivity contribution in [3.05, 3.63) is 65.6 Å². The number of fused-ring (bicyclic) bond motifs is 1. The normalized spacial score (nSPS) is 14.2. The third-order valence-electron chi connectivity index (χ3n) is 5.16. The molecule has 0 radical (unpaired) electrons. The van der Waals surface area contributed by atoms with Crippen LogP contribution in [0.1, 0.15) is 22.8 Å². The average Bonchev–Trinajstić information content (AvgIpc) is 2.73. The molecular weight excluding hydrogens is 355 g/mol. The molecule has 1 aliphatic rings. The fourth-order valence-corrected chi connectivity index (χ4v) is 3.70. The van der Waals surface area contributed by atoms with Gasteiger partial charge in [-0.15, -0.1) is 0 Å². The molecule has 4 rings (SSSR count). The topological polar surface area (TPSA) is 60.2 Å². The first-order valence-electron chi connectivity index (χ1n) is 9.16. The number of hydrogen-bond acceptors (Lipinski definition) is 5. The van der Waals surface area contributed by atoms with E-state index in [1.165, 1.54) is 13.0 Å². The maximum atomic E-state index is 14.5. The molecule has 0 aliphatic carbocycles. The van der Waals surface area contributed by atoms with Gasteiger partial charge in [-0.3, -0.25) is 9.78 Å². The van der Waals surface area contributed by atoms with Crippen molar-refractivity contribution in [2.45, 2.75) is 6.92 Å². The molecular formula is C22H19FN4O. The molecule has 140 valence electrons. The second-order valence-electron chi connectivity index (χ2n) is 6.85. The molecule has 28 heavy (non-hydrogen) atoms. The zero-order valence-electron chi connectivity index (χ0n) is 15.5. The summed E-state index contributed by atoms with van der Waals surface area (Å²) in [6.07, 6.45) is 1.62. The van der Waals surface area contributed by atoms with Crippen LogP contribution in [-0.4, -0.2) is 36.9 Å². The predicted octanol–water partition coefficient (Wildman–Crippen LogP) is 3.77. The van der Waals surface area contributed by atoms with Crippen LogP contribution in [0.3, 0.4) is 0 Å². The quantitative estimate of drug-likeness (QED) is 0.653. The molecule has 2 heterocycles. The number of rotatable bonds is 3. The van der Waals surface area contributed by atoms with E-state index in [1.54, 1.807) is 18.3 Å². The fourth-order valence-electron chi connectivity index (χ4n) is 3.70. The van der Waals surface area contributed by atoms with Gasteiger partial charge in [-0.05, 0) is 31.2 Å². The number of pyridine rings is 1. The van der Waals surface area contributed by atoms with Gasteiger partial charge in [-0.25, -0.2) is 4.39 Å². The lowest BCUT2D eigenvalue weighted by Gasteiger charge is -2.38. The lowest BCUT2D eigenvalue weighted by molar-refractivity contribution is 0.101. The van der Waals surface area contributed by atoms with Crippen LogP contribution in [-0.2, 0) is 0 Å². The number of carbonyl (C=O) groups is 1. The van der Waals surface area contributed by atoms with Gasteiger partial charge in [0.05, 0.1) is 22.5 Å². The Hall–Kier alpha value is -3.46. The number of Topliss-reactive ketones (excluding diaryl/α,β-unsaturated/α-hetero) is 1. The van der Waals surface area contributed by atoms with E-state index in [9.17, 15) is 14.4 Å². The van der Waals surface area contributed by atoms with Crippen molar-refractivity contribution in [2.75, 3.05) is 36.0 Å². The van der Waals surface area contributed by atoms with E-state index >= 15 is 0 Å². The molecule has 0 amide bonds. The number of benzene rings is 2. The third kappa shape index (κ3) is 3.16. The number of carbonyl (C=O) groups excluding carboxylic acids is 1. The first-order chi connectivity index (χ1) is 13.6. The van der Waals surface area contributed by atoms with E-state index in [0.717, 1.165) is 16.6 Å². The molecule has 0 N–H and O–H groups in total. The number of ketones is 1. The number of anilines is 2. The van der Waals surface area contributed by atoms with Crippen LogP contribution in [0.4, 0.5) is 15.8 Å². The average molecular weight is 374 g/mol. The molecule has 6 heteroatoms. The van der Waals surface area contributed by atoms with Crippen molar-refractivity contribution in [3.63, 3.8) is 0 Å². The van der Waals surface area contributed by atoms with E-state index in [0.29, 0.717) is 43.0 Å². The molecule has 1 saturated heterocycles. The van der Waals surface area contributed by atoms with Gasteiger partial charge in [0.2, 0.25) is 0 Å². The number of hydrogen-bond donors (Lipinski definition) is 0. The predicted molar refractivity (Wildman–Crippen MR) is 107 cm³/mol. The highest BCUT2D eigenvalue weighted by Gasteiger charge is 2.23. The summed E-state index contributed by atoms with van der Waals surface area (Å²) in [6.45, 7) is 4.00. The van der Waals surface area contributed by atoms with Crippen molar-refractivity contribution >= 4 is 28.1 Å². The SMILES string of the molecule is CC(=O)c1ccc(N2CCN(c3c(C#N)cnc4ccccc34)CC2)c(F)c1. The second-order valence-corrected chi connectivity index (χ2v) is 6.85. The highest BCUT2D eigenvalue weighted by molar-refractivity contribution is 5.95. The van der Waals surface area contributed by atoms with Crippen molar-refractivity contribution in [1.29, 1.82) is 5.26 Å². The summed E-state index contributed by atoms with van der Waals surface area (Å²) < 4.78 is 14.5. The highest BCUT2D eigenvalue weighted by Crippen LogP contribution is 2.31. The van der Waals surface area contributed by atoms with Crippen LogP contribution >= 0.6 is 0 Å². The molecule has 0 atom stereocenters. The van der Waals surface area contributed by atoms with E-state index < -0.39 is 0 Å². The number of halogens is 1. The molecule has 5 nitrogen and oxygen atoms in total. The Morgan fingerprint density at radius 1 is 1.11 bits per heavy atom. The summed E-state index contributed by atoms with van der Waals surface area (Å²) in [7, 11) is 0. The first kappa shape index (κ1) is 17.9. The largest absolute Gasteiger partial charge is 0.366 e. The fraction of sp³-hybridized carbons (Fsp3) is 0.227. The Kier molecular flexibility index (Phi) is 4.66. The summed E-state index contributed by atoms with van der Waals surface area (Å²) in [5.41, 5.74) is 3.17. The summed E-state index contributed by atoms with van der Waals surface area (Å²) in [4.78, 5) is 19.9. The number of nitrogens with zero attached hydrogens (tertiary/aromatic N) is 4. The van der Waals surface area contributed by atoms with Crippen molar-refractivity contribution < 1.29 is 9.18 Å². The molecule has 0 spiro atoms. The first-order valence-corrected chi connectivity index (χ1v) is 9.16. The third-order valence-corrected chi connectivity index (χ3v) is 5.16. The van der Waals surface area contributed by atoms with Crippen molar-refractivity contribution in [2.24, 2.45) is 0 Å². The van der Waals surface area contributed by atoms with E-state index in [-0.39, 0.29) is 11.6 Å². The number of para-hydroxylation sites is 1. The molecule has 0 unspecified atom stereocenters. The Morgan fingerprint density at radius 3 is 2.50 bits per heavy atom. The van der Waals surface area contributed by atoms with E-state index in [2.05, 4.69) is 16.0 Å². The summed E-state index contributed by atoms with van der Waals surface area (Å²) >= 11 is 0. The molecule has 2 aromatic carbocycles. The van der Waals surface area contributed by atoms with Crippen LogP contribution in [0.25, 0.3) is 10.9 Å². The molecule has 3 aromatic rings. The Morgan fingerprint density at radius 2 is 1.82 bits per heavy atom. The monoisotopic (exact) mass is 374 g/mol. The van der Waals surface area contributed by atoms with Gasteiger partial charge in [-0.1, -0.05) is 18.2 Å². The number of piperazine rings is 1. The van der Waals surface area contributed by atoms with Crippen molar-refractivity contribution in [3.8, 4) is 6.07 Å². The van der Waals surface area contributed by atoms with E-state index in [4.69, 9.17) is 0 Å². The van der Waals surface area contributed by atoms with Crippen LogP contribution in [0.15, 0.2) is 48.7 Å². The molecule has 1 aromatic heterocycles. The number of aromatic nitrogens is 1. The van der Waals surface area contributed by atoms with Gasteiger partial charge >= 0.3 is 0 Å². The number of nitriles is 1. The standard InChI is InChI=1S/C22H19FN4O/c1-15(28)16-6-7-21(19(23)12-16)26-8-10-27(11-9-26)22-17(13-24)14-25-20-5-3-2-4-18(20)22/h2-7,12,14H,8-11H2,1H3. The summed E-state index contributed by atoms with van der Waals surface area (Å²) in [5.74, 6) is -0.530. The van der Waals surface area contributed by atoms with Gasteiger partial charge in [0, 0.05) is 43.3 Å². The lowest BCUT2D eigenvalue weighted by Crippen LogP contribution is -2.47. The van der Waals surface area contributed by atoms with Gasteiger partial charge in [0.15, 0.2) is 5.78 Å². The minimum Gasteiger partial charge on any atom is -0.366 e. The van der Waals surface area contributed by atoms with Gasteiger partial charge in [0.1, 0.15) is 11.9 Å². The Balaban J connectivity index is 1.60. The summed E-state index contributed by atoms with van der Waals surface area (Å²) in [6, 6.07) is 14.7. The minimum absolute atomic E-state index is 0.149. The minimum atomic E-state index is -0.381. The molecule has 1 aliphatic heterocycles. The maximum absolute atomic E-state index is 14.5. The smallest absolute Gasteiger partial charge is 0.159 e. The van der Waals surface area contributed by atoms with E-state index in [1.807, 2.05) is 29.2 Å².